The lowest BCUT2D eigenvalue weighted by molar-refractivity contribution is 0.0954. The number of halogens is 2. The fourth-order valence-electron chi connectivity index (χ4n) is 1.79. The molecule has 2 rings (SSSR count). The van der Waals surface area contributed by atoms with Crippen LogP contribution in [0.15, 0.2) is 41.5 Å². The van der Waals surface area contributed by atoms with Crippen LogP contribution in [0.5, 0.6) is 11.5 Å². The second-order valence-electron chi connectivity index (χ2n) is 4.44. The zero-order valence-electron chi connectivity index (χ0n) is 12.5. The molecule has 0 unspecified atom stereocenters. The lowest BCUT2D eigenvalue weighted by Gasteiger charge is -2.07. The molecule has 0 aliphatic rings. The minimum atomic E-state index is -0.772. The molecule has 0 bridgehead atoms. The van der Waals surface area contributed by atoms with Gasteiger partial charge in [-0.25, -0.2) is 14.2 Å². The van der Waals surface area contributed by atoms with Gasteiger partial charge in [0.2, 0.25) is 0 Å². The number of amides is 1. The molecule has 0 aliphatic heterocycles. The molecule has 0 fully saturated rings. The number of ether oxygens (including phenoxy) is 2. The Hall–Kier alpha value is -2.96. The van der Waals surface area contributed by atoms with Gasteiger partial charge in [-0.2, -0.15) is 5.10 Å². The Bertz CT molecular complexity index is 706. The summed E-state index contributed by atoms with van der Waals surface area (Å²) in [5, 5.41) is 3.56. The summed E-state index contributed by atoms with van der Waals surface area (Å²) in [6, 6.07) is 8.00. The summed E-state index contributed by atoms with van der Waals surface area (Å²) in [5.74, 6) is -1.26. The monoisotopic (exact) mass is 320 g/mol. The smallest absolute Gasteiger partial charge is 0.271 e. The Morgan fingerprint density at radius 2 is 1.65 bits per heavy atom. The Balaban J connectivity index is 2.15. The van der Waals surface area contributed by atoms with Gasteiger partial charge in [0.1, 0.15) is 23.1 Å². The van der Waals surface area contributed by atoms with Crippen molar-refractivity contribution in [2.24, 2.45) is 5.10 Å². The minimum absolute atomic E-state index is 0.229. The van der Waals surface area contributed by atoms with E-state index in [9.17, 15) is 13.6 Å². The number of benzene rings is 2. The molecule has 5 nitrogen and oxygen atoms in total. The standard InChI is InChI=1S/C16H14F2N2O3/c1-22-11-6-10(7-12(8-11)23-2)16(21)20-19-9-13-14(17)4-3-5-15(13)18/h3-9H,1-2H3,(H,20,21)/b19-9+. The van der Waals surface area contributed by atoms with Gasteiger partial charge in [0.05, 0.1) is 26.0 Å². The quantitative estimate of drug-likeness (QED) is 0.681. The van der Waals surface area contributed by atoms with E-state index >= 15 is 0 Å². The van der Waals surface area contributed by atoms with Gasteiger partial charge in [0, 0.05) is 11.6 Å². The second kappa shape index (κ2) is 7.35. The third kappa shape index (κ3) is 4.03. The molecule has 0 aliphatic carbocycles. The molecule has 2 aromatic carbocycles. The van der Waals surface area contributed by atoms with Gasteiger partial charge < -0.3 is 9.47 Å². The zero-order chi connectivity index (χ0) is 16.8. The van der Waals surface area contributed by atoms with Crippen LogP contribution >= 0.6 is 0 Å². The fraction of sp³-hybridized carbons (Fsp3) is 0.125. The van der Waals surface area contributed by atoms with Gasteiger partial charge in [0.15, 0.2) is 0 Å². The van der Waals surface area contributed by atoms with Crippen LogP contribution in [0.3, 0.4) is 0 Å². The van der Waals surface area contributed by atoms with Crippen molar-refractivity contribution in [3.8, 4) is 11.5 Å². The Morgan fingerprint density at radius 1 is 1.09 bits per heavy atom. The zero-order valence-corrected chi connectivity index (χ0v) is 12.5. The Morgan fingerprint density at radius 3 is 2.17 bits per heavy atom. The van der Waals surface area contributed by atoms with Gasteiger partial charge in [-0.3, -0.25) is 4.79 Å². The predicted molar refractivity (Wildman–Crippen MR) is 81.0 cm³/mol. The van der Waals surface area contributed by atoms with Crippen molar-refractivity contribution in [2.45, 2.75) is 0 Å². The molecule has 120 valence electrons. The Labute approximate surface area is 131 Å². The molecular formula is C16H14F2N2O3. The molecule has 1 amide bonds. The van der Waals surface area contributed by atoms with Gasteiger partial charge in [-0.05, 0) is 24.3 Å². The maximum atomic E-state index is 13.4. The predicted octanol–water partition coefficient (Wildman–Crippen LogP) is 2.75. The molecule has 0 heterocycles. The third-order valence-corrected chi connectivity index (χ3v) is 2.97. The molecular weight excluding hydrogens is 306 g/mol. The van der Waals surface area contributed by atoms with Gasteiger partial charge in [-0.15, -0.1) is 0 Å². The van der Waals surface area contributed by atoms with Crippen LogP contribution in [0.1, 0.15) is 15.9 Å². The maximum absolute atomic E-state index is 13.4. The first-order chi connectivity index (χ1) is 11.0. The van der Waals surface area contributed by atoms with E-state index in [0.29, 0.717) is 11.5 Å². The summed E-state index contributed by atoms with van der Waals surface area (Å²) in [6.07, 6.45) is 0.903. The van der Waals surface area contributed by atoms with E-state index in [1.165, 1.54) is 32.4 Å². The van der Waals surface area contributed by atoms with Crippen LogP contribution < -0.4 is 14.9 Å². The normalized spacial score (nSPS) is 10.6. The van der Waals surface area contributed by atoms with E-state index in [-0.39, 0.29) is 11.1 Å². The average Bonchev–Trinajstić information content (AvgIpc) is 2.56. The highest BCUT2D eigenvalue weighted by atomic mass is 19.1. The number of carbonyl (C=O) groups is 1. The van der Waals surface area contributed by atoms with E-state index in [2.05, 4.69) is 10.5 Å². The molecule has 2 aromatic rings. The van der Waals surface area contributed by atoms with E-state index in [0.717, 1.165) is 18.3 Å². The number of hydrazone groups is 1. The number of rotatable bonds is 5. The molecule has 23 heavy (non-hydrogen) atoms. The van der Waals surface area contributed by atoms with Crippen molar-refractivity contribution >= 4 is 12.1 Å². The van der Waals surface area contributed by atoms with E-state index in [1.54, 1.807) is 6.07 Å². The second-order valence-corrected chi connectivity index (χ2v) is 4.44. The molecule has 0 aromatic heterocycles. The number of nitrogens with one attached hydrogen (secondary N) is 1. The first-order valence-corrected chi connectivity index (χ1v) is 6.55. The van der Waals surface area contributed by atoms with Gasteiger partial charge in [0.25, 0.3) is 5.91 Å². The first kappa shape index (κ1) is 16.4. The molecule has 7 heteroatoms. The summed E-state index contributed by atoms with van der Waals surface area (Å²) < 4.78 is 36.9. The van der Waals surface area contributed by atoms with Crippen LogP contribution in [0.4, 0.5) is 8.78 Å². The number of carbonyl (C=O) groups excluding carboxylic acids is 1. The summed E-state index contributed by atoms with van der Waals surface area (Å²) in [7, 11) is 2.91. The van der Waals surface area contributed by atoms with E-state index in [4.69, 9.17) is 9.47 Å². The molecule has 0 saturated heterocycles. The lowest BCUT2D eigenvalue weighted by Crippen LogP contribution is -2.18. The largest absolute Gasteiger partial charge is 0.497 e. The molecule has 0 atom stereocenters. The summed E-state index contributed by atoms with van der Waals surface area (Å²) in [6.45, 7) is 0. The molecule has 1 N–H and O–H groups in total. The number of hydrogen-bond acceptors (Lipinski definition) is 4. The number of nitrogens with zero attached hydrogens (tertiary/aromatic N) is 1. The van der Waals surface area contributed by atoms with E-state index in [1.807, 2.05) is 0 Å². The highest BCUT2D eigenvalue weighted by Gasteiger charge is 2.10. The van der Waals surface area contributed by atoms with Crippen molar-refractivity contribution in [1.82, 2.24) is 5.43 Å². The van der Waals surface area contributed by atoms with Crippen molar-refractivity contribution in [3.05, 3.63) is 59.2 Å². The van der Waals surface area contributed by atoms with Crippen LogP contribution in [-0.2, 0) is 0 Å². The van der Waals surface area contributed by atoms with Gasteiger partial charge in [-0.1, -0.05) is 6.07 Å². The van der Waals surface area contributed by atoms with Crippen molar-refractivity contribution in [3.63, 3.8) is 0 Å². The molecule has 0 saturated carbocycles. The highest BCUT2D eigenvalue weighted by molar-refractivity contribution is 5.95. The molecule has 0 spiro atoms. The van der Waals surface area contributed by atoms with Crippen molar-refractivity contribution < 1.29 is 23.0 Å². The van der Waals surface area contributed by atoms with Crippen molar-refractivity contribution in [2.75, 3.05) is 14.2 Å². The van der Waals surface area contributed by atoms with Crippen LogP contribution in [0, 0.1) is 11.6 Å². The van der Waals surface area contributed by atoms with Crippen LogP contribution in [0.25, 0.3) is 0 Å². The van der Waals surface area contributed by atoms with Crippen molar-refractivity contribution in [1.29, 1.82) is 0 Å². The third-order valence-electron chi connectivity index (χ3n) is 2.97. The highest BCUT2D eigenvalue weighted by Crippen LogP contribution is 2.22. The van der Waals surface area contributed by atoms with Crippen LogP contribution in [-0.4, -0.2) is 26.3 Å². The topological polar surface area (TPSA) is 59.9 Å². The average molecular weight is 320 g/mol. The summed E-state index contributed by atoms with van der Waals surface area (Å²) in [4.78, 5) is 12.0. The minimum Gasteiger partial charge on any atom is -0.497 e. The maximum Gasteiger partial charge on any atom is 0.271 e. The summed E-state index contributed by atoms with van der Waals surface area (Å²) >= 11 is 0. The lowest BCUT2D eigenvalue weighted by atomic mass is 10.2. The number of methoxy groups -OCH3 is 2. The van der Waals surface area contributed by atoms with Gasteiger partial charge >= 0.3 is 0 Å². The van der Waals surface area contributed by atoms with E-state index < -0.39 is 17.5 Å². The number of hydrogen-bond donors (Lipinski definition) is 1. The van der Waals surface area contributed by atoms with Crippen LogP contribution in [0.2, 0.25) is 0 Å². The first-order valence-electron chi connectivity index (χ1n) is 6.55. The molecule has 0 radical (unpaired) electrons. The summed E-state index contributed by atoms with van der Waals surface area (Å²) in [5.41, 5.74) is 2.08. The Kier molecular flexibility index (Phi) is 5.24. The SMILES string of the molecule is COc1cc(OC)cc(C(=O)N/N=C/c2c(F)cccc2F)c1. The fourth-order valence-corrected chi connectivity index (χ4v) is 1.79.